The molecular weight excluding hydrogens is 254 g/mol. The van der Waals surface area contributed by atoms with Gasteiger partial charge in [-0.25, -0.2) is 0 Å². The van der Waals surface area contributed by atoms with Gasteiger partial charge in [0.25, 0.3) is 0 Å². The van der Waals surface area contributed by atoms with Crippen LogP contribution in [0, 0.1) is 11.8 Å². The molecule has 110 valence electrons. The Labute approximate surface area is 120 Å². The molecule has 2 fully saturated rings. The van der Waals surface area contributed by atoms with Gasteiger partial charge < -0.3 is 19.5 Å². The maximum absolute atomic E-state index is 9.65. The molecule has 20 heavy (non-hydrogen) atoms. The predicted octanol–water partition coefficient (Wildman–Crippen LogP) is 1.78. The zero-order valence-electron chi connectivity index (χ0n) is 12.0. The predicted molar refractivity (Wildman–Crippen MR) is 77.1 cm³/mol. The van der Waals surface area contributed by atoms with Crippen molar-refractivity contribution in [2.75, 3.05) is 33.4 Å². The van der Waals surface area contributed by atoms with Crippen LogP contribution in [0.25, 0.3) is 0 Å². The molecule has 4 nitrogen and oxygen atoms in total. The molecule has 1 saturated carbocycles. The van der Waals surface area contributed by atoms with Crippen LogP contribution in [0.2, 0.25) is 0 Å². The van der Waals surface area contributed by atoms with Gasteiger partial charge in [-0.1, -0.05) is 12.1 Å². The van der Waals surface area contributed by atoms with Crippen LogP contribution in [-0.2, 0) is 0 Å². The Kier molecular flexibility index (Phi) is 4.13. The van der Waals surface area contributed by atoms with Crippen molar-refractivity contribution in [3.8, 4) is 11.5 Å². The van der Waals surface area contributed by atoms with E-state index < -0.39 is 0 Å². The highest BCUT2D eigenvalue weighted by Gasteiger charge is 2.45. The third-order valence-electron chi connectivity index (χ3n) is 4.55. The summed E-state index contributed by atoms with van der Waals surface area (Å²) in [6.07, 6.45) is 1.96. The maximum Gasteiger partial charge on any atom is 0.161 e. The van der Waals surface area contributed by atoms with Crippen molar-refractivity contribution < 1.29 is 14.6 Å². The number of benzene rings is 1. The number of hydrogen-bond donors (Lipinski definition) is 1. The molecule has 1 saturated heterocycles. The molecule has 1 N–H and O–H groups in total. The maximum atomic E-state index is 9.65. The van der Waals surface area contributed by atoms with E-state index in [1.54, 1.807) is 7.11 Å². The smallest absolute Gasteiger partial charge is 0.161 e. The first-order valence-corrected chi connectivity index (χ1v) is 7.44. The number of ether oxygens (including phenoxy) is 2. The Morgan fingerprint density at radius 2 is 2.05 bits per heavy atom. The molecule has 1 heterocycles. The van der Waals surface area contributed by atoms with Gasteiger partial charge in [-0.05, 0) is 30.9 Å². The minimum Gasteiger partial charge on any atom is -0.493 e. The van der Waals surface area contributed by atoms with Crippen LogP contribution in [-0.4, -0.2) is 49.5 Å². The molecule has 2 aliphatic rings. The van der Waals surface area contributed by atoms with Gasteiger partial charge in [-0.15, -0.1) is 0 Å². The number of hydrogen-bond acceptors (Lipinski definition) is 4. The lowest BCUT2D eigenvalue weighted by Crippen LogP contribution is -2.39. The zero-order chi connectivity index (χ0) is 13.9. The van der Waals surface area contributed by atoms with E-state index in [1.807, 2.05) is 24.3 Å². The second kappa shape index (κ2) is 6.02. The van der Waals surface area contributed by atoms with Crippen molar-refractivity contribution in [1.82, 2.24) is 4.90 Å². The molecule has 0 unspecified atom stereocenters. The second-order valence-corrected chi connectivity index (χ2v) is 5.84. The molecule has 1 aliphatic heterocycles. The Bertz CT molecular complexity index is 451. The third kappa shape index (κ3) is 2.76. The highest BCUT2D eigenvalue weighted by atomic mass is 16.5. The number of aliphatic hydroxyl groups is 1. The summed E-state index contributed by atoms with van der Waals surface area (Å²) >= 11 is 0. The number of para-hydroxylation sites is 2. The van der Waals surface area contributed by atoms with Crippen LogP contribution < -0.4 is 9.47 Å². The van der Waals surface area contributed by atoms with Gasteiger partial charge in [-0.2, -0.15) is 0 Å². The average Bonchev–Trinajstić information content (AvgIpc) is 2.80. The van der Waals surface area contributed by atoms with E-state index in [0.717, 1.165) is 49.9 Å². The molecule has 3 atom stereocenters. The van der Waals surface area contributed by atoms with Crippen molar-refractivity contribution in [2.24, 2.45) is 11.8 Å². The minimum atomic E-state index is -0.0465. The molecule has 0 spiro atoms. The molecule has 0 bridgehead atoms. The van der Waals surface area contributed by atoms with Gasteiger partial charge in [0.15, 0.2) is 11.5 Å². The third-order valence-corrected chi connectivity index (χ3v) is 4.55. The van der Waals surface area contributed by atoms with Crippen LogP contribution in [0.5, 0.6) is 11.5 Å². The van der Waals surface area contributed by atoms with Gasteiger partial charge in [0.2, 0.25) is 0 Å². The summed E-state index contributed by atoms with van der Waals surface area (Å²) in [6, 6.07) is 7.74. The lowest BCUT2D eigenvalue weighted by Gasteiger charge is -2.35. The van der Waals surface area contributed by atoms with Gasteiger partial charge in [0.05, 0.1) is 19.8 Å². The fourth-order valence-electron chi connectivity index (χ4n) is 3.35. The van der Waals surface area contributed by atoms with E-state index in [-0.39, 0.29) is 6.10 Å². The summed E-state index contributed by atoms with van der Waals surface area (Å²) in [6.45, 7) is 3.96. The molecule has 1 aromatic rings. The first-order chi connectivity index (χ1) is 9.78. The highest BCUT2D eigenvalue weighted by molar-refractivity contribution is 5.39. The number of aliphatic hydroxyl groups excluding tert-OH is 1. The van der Waals surface area contributed by atoms with Crippen molar-refractivity contribution in [2.45, 2.75) is 18.9 Å². The van der Waals surface area contributed by atoms with E-state index in [2.05, 4.69) is 4.90 Å². The van der Waals surface area contributed by atoms with Gasteiger partial charge in [0, 0.05) is 25.6 Å². The average molecular weight is 277 g/mol. The van der Waals surface area contributed by atoms with Crippen LogP contribution in [0.4, 0.5) is 0 Å². The second-order valence-electron chi connectivity index (χ2n) is 5.84. The Morgan fingerprint density at radius 3 is 2.75 bits per heavy atom. The van der Waals surface area contributed by atoms with Gasteiger partial charge >= 0.3 is 0 Å². The summed E-state index contributed by atoms with van der Waals surface area (Å²) in [5.74, 6) is 2.87. The van der Waals surface area contributed by atoms with Crippen molar-refractivity contribution >= 4 is 0 Å². The summed E-state index contributed by atoms with van der Waals surface area (Å²) in [5.41, 5.74) is 0. The summed E-state index contributed by atoms with van der Waals surface area (Å²) in [5, 5.41) is 9.65. The van der Waals surface area contributed by atoms with Crippen molar-refractivity contribution in [3.63, 3.8) is 0 Å². The van der Waals surface area contributed by atoms with Crippen LogP contribution in [0.3, 0.4) is 0 Å². The molecule has 4 heteroatoms. The molecular formula is C16H23NO3. The number of likely N-dealkylation sites (tertiary alicyclic amines) is 1. The Hall–Kier alpha value is -1.26. The van der Waals surface area contributed by atoms with Gasteiger partial charge in [-0.3, -0.25) is 0 Å². The standard InChI is InChI=1S/C16H23NO3/c1-19-15-5-2-3-6-16(15)20-8-4-7-17-10-12-9-14(18)13(12)11-17/h2-3,5-6,12-14,18H,4,7-11H2,1H3/t12-,13+,14-/m1/s1. The molecule has 0 radical (unpaired) electrons. The largest absolute Gasteiger partial charge is 0.493 e. The number of methoxy groups -OCH3 is 1. The van der Waals surface area contributed by atoms with Crippen LogP contribution in [0.15, 0.2) is 24.3 Å². The molecule has 0 aromatic heterocycles. The molecule has 1 aromatic carbocycles. The van der Waals surface area contributed by atoms with Crippen molar-refractivity contribution in [3.05, 3.63) is 24.3 Å². The van der Waals surface area contributed by atoms with E-state index in [1.165, 1.54) is 0 Å². The fourth-order valence-corrected chi connectivity index (χ4v) is 3.35. The summed E-state index contributed by atoms with van der Waals surface area (Å²) in [7, 11) is 1.66. The SMILES string of the molecule is COc1ccccc1OCCCN1C[C@H]2C[C@@H](O)[C@H]2C1. The lowest BCUT2D eigenvalue weighted by atomic mass is 9.74. The number of nitrogens with zero attached hydrogens (tertiary/aromatic N) is 1. The van der Waals surface area contributed by atoms with E-state index in [4.69, 9.17) is 9.47 Å². The monoisotopic (exact) mass is 277 g/mol. The van der Waals surface area contributed by atoms with E-state index in [0.29, 0.717) is 12.5 Å². The minimum absolute atomic E-state index is 0.0465. The Morgan fingerprint density at radius 1 is 1.25 bits per heavy atom. The lowest BCUT2D eigenvalue weighted by molar-refractivity contribution is -0.00433. The van der Waals surface area contributed by atoms with Crippen LogP contribution in [0.1, 0.15) is 12.8 Å². The first-order valence-electron chi connectivity index (χ1n) is 7.44. The molecule has 1 aliphatic carbocycles. The quantitative estimate of drug-likeness (QED) is 0.805. The first kappa shape index (κ1) is 13.7. The fraction of sp³-hybridized carbons (Fsp3) is 0.625. The van der Waals surface area contributed by atoms with E-state index >= 15 is 0 Å². The number of fused-ring (bicyclic) bond motifs is 1. The Balaban J connectivity index is 1.38. The topological polar surface area (TPSA) is 41.9 Å². The van der Waals surface area contributed by atoms with Gasteiger partial charge in [0.1, 0.15) is 0 Å². The van der Waals surface area contributed by atoms with Crippen LogP contribution >= 0.6 is 0 Å². The molecule has 0 amide bonds. The number of rotatable bonds is 6. The summed E-state index contributed by atoms with van der Waals surface area (Å²) < 4.78 is 11.0. The highest BCUT2D eigenvalue weighted by Crippen LogP contribution is 2.40. The normalized spacial score (nSPS) is 28.8. The summed E-state index contributed by atoms with van der Waals surface area (Å²) in [4.78, 5) is 2.46. The van der Waals surface area contributed by atoms with Crippen molar-refractivity contribution in [1.29, 1.82) is 0 Å². The molecule has 3 rings (SSSR count). The zero-order valence-corrected chi connectivity index (χ0v) is 12.0. The van der Waals surface area contributed by atoms with E-state index in [9.17, 15) is 5.11 Å².